The summed E-state index contributed by atoms with van der Waals surface area (Å²) in [6.45, 7) is 2.45. The Morgan fingerprint density at radius 2 is 2.15 bits per heavy atom. The molecular weight excluding hydrogens is 276 g/mol. The predicted molar refractivity (Wildman–Crippen MR) is 79.5 cm³/mol. The standard InChI is InChI=1S/C14H20N2O3S/c1-2-11-5-3-4-6-13(11)16-14(17)9-12-10-20(18,19)8-7-15-12/h3-6,12,15H,2,7-10H2,1H3,(H,16,17). The number of carbonyl (C=O) groups is 1. The fraction of sp³-hybridized carbons (Fsp3) is 0.500. The number of rotatable bonds is 4. The highest BCUT2D eigenvalue weighted by atomic mass is 32.2. The highest BCUT2D eigenvalue weighted by molar-refractivity contribution is 7.91. The van der Waals surface area contributed by atoms with Crippen molar-refractivity contribution in [2.45, 2.75) is 25.8 Å². The van der Waals surface area contributed by atoms with E-state index in [2.05, 4.69) is 10.6 Å². The molecule has 0 radical (unpaired) electrons. The Morgan fingerprint density at radius 1 is 1.40 bits per heavy atom. The Bertz CT molecular complexity index is 584. The normalized spacial score (nSPS) is 21.4. The minimum atomic E-state index is -3.01. The first-order valence-corrected chi connectivity index (χ1v) is 8.64. The summed E-state index contributed by atoms with van der Waals surface area (Å²) in [6, 6.07) is 7.35. The van der Waals surface area contributed by atoms with E-state index >= 15 is 0 Å². The average molecular weight is 296 g/mol. The zero-order valence-corrected chi connectivity index (χ0v) is 12.4. The van der Waals surface area contributed by atoms with E-state index in [1.54, 1.807) is 0 Å². The molecule has 1 amide bonds. The van der Waals surface area contributed by atoms with E-state index in [9.17, 15) is 13.2 Å². The molecule has 0 saturated carbocycles. The van der Waals surface area contributed by atoms with E-state index in [1.165, 1.54) is 0 Å². The van der Waals surface area contributed by atoms with Gasteiger partial charge in [-0.05, 0) is 18.1 Å². The minimum Gasteiger partial charge on any atom is -0.326 e. The van der Waals surface area contributed by atoms with Crippen LogP contribution in [-0.4, -0.2) is 38.4 Å². The largest absolute Gasteiger partial charge is 0.326 e. The van der Waals surface area contributed by atoms with Crippen LogP contribution in [0.4, 0.5) is 5.69 Å². The van der Waals surface area contributed by atoms with E-state index in [1.807, 2.05) is 31.2 Å². The number of benzene rings is 1. The molecular formula is C14H20N2O3S. The molecule has 1 aromatic rings. The van der Waals surface area contributed by atoms with Crippen LogP contribution in [-0.2, 0) is 21.1 Å². The summed E-state index contributed by atoms with van der Waals surface area (Å²) in [5.41, 5.74) is 1.88. The zero-order valence-electron chi connectivity index (χ0n) is 11.6. The number of amides is 1. The van der Waals surface area contributed by atoms with Crippen LogP contribution in [0, 0.1) is 0 Å². The van der Waals surface area contributed by atoms with Gasteiger partial charge in [-0.3, -0.25) is 4.79 Å². The summed E-state index contributed by atoms with van der Waals surface area (Å²) in [4.78, 5) is 12.0. The second-order valence-corrected chi connectivity index (χ2v) is 7.26. The molecule has 5 nitrogen and oxygen atoms in total. The topological polar surface area (TPSA) is 75.3 Å². The van der Waals surface area contributed by atoms with E-state index in [0.29, 0.717) is 6.54 Å². The van der Waals surface area contributed by atoms with E-state index in [4.69, 9.17) is 0 Å². The van der Waals surface area contributed by atoms with Crippen molar-refractivity contribution in [2.75, 3.05) is 23.4 Å². The van der Waals surface area contributed by atoms with Crippen LogP contribution < -0.4 is 10.6 Å². The van der Waals surface area contributed by atoms with Gasteiger partial charge in [0.15, 0.2) is 9.84 Å². The molecule has 1 saturated heterocycles. The van der Waals surface area contributed by atoms with Crippen molar-refractivity contribution in [3.63, 3.8) is 0 Å². The zero-order chi connectivity index (χ0) is 14.6. The van der Waals surface area contributed by atoms with Gasteiger partial charge in [-0.25, -0.2) is 8.42 Å². The summed E-state index contributed by atoms with van der Waals surface area (Å²) >= 11 is 0. The Balaban J connectivity index is 1.95. The third-order valence-corrected chi connectivity index (χ3v) is 5.14. The van der Waals surface area contributed by atoms with Crippen molar-refractivity contribution in [1.82, 2.24) is 5.32 Å². The Hall–Kier alpha value is -1.40. The van der Waals surface area contributed by atoms with Gasteiger partial charge in [0.25, 0.3) is 0 Å². The highest BCUT2D eigenvalue weighted by Gasteiger charge is 2.26. The first-order valence-electron chi connectivity index (χ1n) is 6.82. The lowest BCUT2D eigenvalue weighted by molar-refractivity contribution is -0.116. The van der Waals surface area contributed by atoms with E-state index in [-0.39, 0.29) is 29.9 Å². The lowest BCUT2D eigenvalue weighted by Crippen LogP contribution is -2.46. The highest BCUT2D eigenvalue weighted by Crippen LogP contribution is 2.16. The van der Waals surface area contributed by atoms with Gasteiger partial charge in [0.1, 0.15) is 0 Å². The second kappa shape index (κ2) is 6.37. The molecule has 20 heavy (non-hydrogen) atoms. The van der Waals surface area contributed by atoms with Crippen LogP contribution >= 0.6 is 0 Å². The first-order chi connectivity index (χ1) is 9.50. The summed E-state index contributed by atoms with van der Waals surface area (Å²) in [5.74, 6) is 0.0418. The van der Waals surface area contributed by atoms with Crippen LogP contribution in [0.25, 0.3) is 0 Å². The molecule has 1 aliphatic rings. The van der Waals surface area contributed by atoms with Gasteiger partial charge in [-0.2, -0.15) is 0 Å². The number of anilines is 1. The van der Waals surface area contributed by atoms with Crippen LogP contribution in [0.1, 0.15) is 18.9 Å². The molecule has 2 rings (SSSR count). The monoisotopic (exact) mass is 296 g/mol. The number of hydrogen-bond donors (Lipinski definition) is 2. The number of aryl methyl sites for hydroxylation is 1. The van der Waals surface area contributed by atoms with E-state index < -0.39 is 9.84 Å². The average Bonchev–Trinajstić information content (AvgIpc) is 2.38. The summed E-state index contributed by atoms with van der Waals surface area (Å²) in [7, 11) is -3.01. The molecule has 6 heteroatoms. The number of carbonyl (C=O) groups excluding carboxylic acids is 1. The molecule has 0 aliphatic carbocycles. The fourth-order valence-corrected chi connectivity index (χ4v) is 3.82. The lowest BCUT2D eigenvalue weighted by atomic mass is 10.1. The molecule has 2 N–H and O–H groups in total. The Morgan fingerprint density at radius 3 is 2.85 bits per heavy atom. The molecule has 110 valence electrons. The maximum absolute atomic E-state index is 12.0. The molecule has 1 aromatic carbocycles. The summed E-state index contributed by atoms with van der Waals surface area (Å²) in [6.07, 6.45) is 1.02. The molecule has 1 heterocycles. The van der Waals surface area contributed by atoms with Crippen molar-refractivity contribution in [3.8, 4) is 0 Å². The summed E-state index contributed by atoms with van der Waals surface area (Å²) in [5, 5.41) is 5.94. The maximum atomic E-state index is 12.0. The molecule has 1 atom stereocenters. The number of sulfone groups is 1. The predicted octanol–water partition coefficient (Wildman–Crippen LogP) is 0.964. The van der Waals surface area contributed by atoms with Crippen LogP contribution in [0.3, 0.4) is 0 Å². The van der Waals surface area contributed by atoms with Crippen LogP contribution in [0.15, 0.2) is 24.3 Å². The molecule has 0 spiro atoms. The molecule has 0 aromatic heterocycles. The number of hydrogen-bond acceptors (Lipinski definition) is 4. The smallest absolute Gasteiger partial charge is 0.225 e. The Kier molecular flexibility index (Phi) is 4.77. The molecule has 1 aliphatic heterocycles. The second-order valence-electron chi connectivity index (χ2n) is 5.03. The molecule has 0 bridgehead atoms. The van der Waals surface area contributed by atoms with Crippen LogP contribution in [0.2, 0.25) is 0 Å². The van der Waals surface area contributed by atoms with Crippen molar-refractivity contribution in [3.05, 3.63) is 29.8 Å². The van der Waals surface area contributed by atoms with Gasteiger partial charge in [0.2, 0.25) is 5.91 Å². The van der Waals surface area contributed by atoms with Crippen molar-refractivity contribution in [1.29, 1.82) is 0 Å². The quantitative estimate of drug-likeness (QED) is 0.868. The van der Waals surface area contributed by atoms with Gasteiger partial charge in [-0.15, -0.1) is 0 Å². The van der Waals surface area contributed by atoms with Crippen molar-refractivity contribution in [2.24, 2.45) is 0 Å². The number of nitrogens with one attached hydrogen (secondary N) is 2. The van der Waals surface area contributed by atoms with E-state index in [0.717, 1.165) is 17.7 Å². The van der Waals surface area contributed by atoms with Gasteiger partial charge >= 0.3 is 0 Å². The number of para-hydroxylation sites is 1. The fourth-order valence-electron chi connectivity index (χ4n) is 2.37. The SMILES string of the molecule is CCc1ccccc1NC(=O)CC1CS(=O)(=O)CCN1. The first kappa shape index (κ1) is 15.0. The van der Waals surface area contributed by atoms with Gasteiger partial charge in [-0.1, -0.05) is 25.1 Å². The van der Waals surface area contributed by atoms with Gasteiger partial charge in [0.05, 0.1) is 11.5 Å². The summed E-state index contributed by atoms with van der Waals surface area (Å²) < 4.78 is 23.1. The third kappa shape index (κ3) is 4.05. The van der Waals surface area contributed by atoms with Crippen molar-refractivity contribution >= 4 is 21.4 Å². The molecule has 1 unspecified atom stereocenters. The third-order valence-electron chi connectivity index (χ3n) is 3.41. The van der Waals surface area contributed by atoms with Crippen molar-refractivity contribution < 1.29 is 13.2 Å². The van der Waals surface area contributed by atoms with Gasteiger partial charge in [0, 0.05) is 24.7 Å². The van der Waals surface area contributed by atoms with Gasteiger partial charge < -0.3 is 10.6 Å². The minimum absolute atomic E-state index is 0.0375. The Labute approximate surface area is 119 Å². The lowest BCUT2D eigenvalue weighted by Gasteiger charge is -2.23. The molecule has 1 fully saturated rings. The van der Waals surface area contributed by atoms with Crippen LogP contribution in [0.5, 0.6) is 0 Å². The maximum Gasteiger partial charge on any atom is 0.225 e.